The Bertz CT molecular complexity index is 368. The molecule has 0 radical (unpaired) electrons. The van der Waals surface area contributed by atoms with E-state index in [1.807, 2.05) is 0 Å². The third-order valence-corrected chi connectivity index (χ3v) is 5.04. The minimum atomic E-state index is 0.330. The monoisotopic (exact) mass is 237 g/mol. The van der Waals surface area contributed by atoms with Gasteiger partial charge in [-0.3, -0.25) is 0 Å². The summed E-state index contributed by atoms with van der Waals surface area (Å²) in [6.45, 7) is 0.974. The Labute approximate surface area is 101 Å². The van der Waals surface area contributed by atoms with Crippen molar-refractivity contribution in [2.75, 3.05) is 5.75 Å². The predicted molar refractivity (Wildman–Crippen MR) is 67.7 cm³/mol. The Balaban J connectivity index is 1.77. The van der Waals surface area contributed by atoms with E-state index in [2.05, 4.69) is 27.5 Å². The molecule has 0 aliphatic carbocycles. The van der Waals surface area contributed by atoms with Crippen molar-refractivity contribution in [1.29, 1.82) is 0 Å². The fourth-order valence-corrected chi connectivity index (χ4v) is 3.97. The van der Waals surface area contributed by atoms with Gasteiger partial charge >= 0.3 is 0 Å². The maximum absolute atomic E-state index is 6.03. The van der Waals surface area contributed by atoms with Crippen molar-refractivity contribution in [2.24, 2.45) is 5.73 Å². The van der Waals surface area contributed by atoms with Crippen LogP contribution in [-0.4, -0.2) is 26.6 Å². The summed E-state index contributed by atoms with van der Waals surface area (Å²) in [6.07, 6.45) is 8.15. The van der Waals surface area contributed by atoms with E-state index in [0.29, 0.717) is 6.04 Å². The molecule has 4 heteroatoms. The molecule has 0 aromatic carbocycles. The number of aromatic nitrogens is 2. The van der Waals surface area contributed by atoms with Gasteiger partial charge in [0.25, 0.3) is 0 Å². The normalized spacial score (nSPS) is 29.3. The van der Waals surface area contributed by atoms with E-state index in [-0.39, 0.29) is 0 Å². The third-order valence-electron chi connectivity index (χ3n) is 3.64. The van der Waals surface area contributed by atoms with E-state index < -0.39 is 0 Å². The van der Waals surface area contributed by atoms with Crippen LogP contribution in [-0.2, 0) is 19.4 Å². The zero-order chi connectivity index (χ0) is 11.0. The first-order valence-electron chi connectivity index (χ1n) is 6.23. The zero-order valence-corrected chi connectivity index (χ0v) is 10.4. The second-order valence-corrected chi connectivity index (χ2v) is 6.32. The van der Waals surface area contributed by atoms with Gasteiger partial charge in [-0.25, -0.2) is 4.98 Å². The SMILES string of the molecule is NC1CCc2cnc(CC3CCCS3)n2C1. The van der Waals surface area contributed by atoms with Crippen molar-refractivity contribution in [2.45, 2.75) is 49.9 Å². The van der Waals surface area contributed by atoms with Crippen LogP contribution in [0.25, 0.3) is 0 Å². The molecular weight excluding hydrogens is 218 g/mol. The topological polar surface area (TPSA) is 43.8 Å². The summed E-state index contributed by atoms with van der Waals surface area (Å²) >= 11 is 2.11. The molecule has 0 saturated carbocycles. The molecule has 1 fully saturated rings. The summed E-state index contributed by atoms with van der Waals surface area (Å²) in [5, 5.41) is 0.796. The third kappa shape index (κ3) is 2.00. The lowest BCUT2D eigenvalue weighted by Gasteiger charge is -2.22. The highest BCUT2D eigenvalue weighted by Gasteiger charge is 2.22. The van der Waals surface area contributed by atoms with Crippen molar-refractivity contribution >= 4 is 11.8 Å². The smallest absolute Gasteiger partial charge is 0.110 e. The molecule has 0 bridgehead atoms. The fourth-order valence-electron chi connectivity index (χ4n) is 2.71. The van der Waals surface area contributed by atoms with Crippen LogP contribution in [0, 0.1) is 0 Å². The minimum absolute atomic E-state index is 0.330. The lowest BCUT2D eigenvalue weighted by atomic mass is 10.1. The number of nitrogens with two attached hydrogens (primary N) is 1. The molecule has 16 heavy (non-hydrogen) atoms. The van der Waals surface area contributed by atoms with Gasteiger partial charge in [-0.05, 0) is 31.4 Å². The highest BCUT2D eigenvalue weighted by molar-refractivity contribution is 8.00. The van der Waals surface area contributed by atoms with E-state index >= 15 is 0 Å². The Kier molecular flexibility index (Phi) is 2.94. The first kappa shape index (κ1) is 10.7. The molecule has 88 valence electrons. The maximum Gasteiger partial charge on any atom is 0.110 e. The average molecular weight is 237 g/mol. The van der Waals surface area contributed by atoms with Gasteiger partial charge in [0.05, 0.1) is 0 Å². The number of hydrogen-bond acceptors (Lipinski definition) is 3. The van der Waals surface area contributed by atoms with Crippen LogP contribution in [0.5, 0.6) is 0 Å². The van der Waals surface area contributed by atoms with Gasteiger partial charge < -0.3 is 10.3 Å². The van der Waals surface area contributed by atoms with Crippen molar-refractivity contribution in [1.82, 2.24) is 9.55 Å². The van der Waals surface area contributed by atoms with Gasteiger partial charge in [0, 0.05) is 36.1 Å². The summed E-state index contributed by atoms with van der Waals surface area (Å²) in [5.41, 5.74) is 7.42. The summed E-state index contributed by atoms with van der Waals surface area (Å²) in [5.74, 6) is 2.60. The number of hydrogen-bond donors (Lipinski definition) is 1. The molecule has 1 aromatic heterocycles. The van der Waals surface area contributed by atoms with Crippen LogP contribution in [0.3, 0.4) is 0 Å². The molecule has 3 nitrogen and oxygen atoms in total. The number of rotatable bonds is 2. The number of aryl methyl sites for hydroxylation is 1. The molecule has 1 saturated heterocycles. The van der Waals surface area contributed by atoms with Gasteiger partial charge in [-0.2, -0.15) is 11.8 Å². The number of imidazole rings is 1. The molecule has 3 rings (SSSR count). The van der Waals surface area contributed by atoms with Crippen molar-refractivity contribution in [3.05, 3.63) is 17.7 Å². The van der Waals surface area contributed by atoms with E-state index in [1.165, 1.54) is 30.1 Å². The van der Waals surface area contributed by atoms with Gasteiger partial charge in [0.15, 0.2) is 0 Å². The molecule has 2 atom stereocenters. The number of thioether (sulfide) groups is 1. The molecule has 2 unspecified atom stereocenters. The molecule has 0 amide bonds. The second-order valence-electron chi connectivity index (χ2n) is 4.91. The van der Waals surface area contributed by atoms with Crippen LogP contribution in [0.4, 0.5) is 0 Å². The summed E-state index contributed by atoms with van der Waals surface area (Å²) in [4.78, 5) is 4.59. The van der Waals surface area contributed by atoms with Crippen LogP contribution in [0.1, 0.15) is 30.8 Å². The molecule has 1 aromatic rings. The number of nitrogens with zero attached hydrogens (tertiary/aromatic N) is 2. The average Bonchev–Trinajstić information content (AvgIpc) is 2.90. The highest BCUT2D eigenvalue weighted by Crippen LogP contribution is 2.29. The lowest BCUT2D eigenvalue weighted by molar-refractivity contribution is 0.447. The van der Waals surface area contributed by atoms with Crippen molar-refractivity contribution in [3.8, 4) is 0 Å². The summed E-state index contributed by atoms with van der Waals surface area (Å²) < 4.78 is 2.37. The molecule has 2 aliphatic rings. The largest absolute Gasteiger partial charge is 0.330 e. The Morgan fingerprint density at radius 2 is 2.44 bits per heavy atom. The molecule has 0 spiro atoms. The Morgan fingerprint density at radius 3 is 3.25 bits per heavy atom. The van der Waals surface area contributed by atoms with Crippen molar-refractivity contribution in [3.63, 3.8) is 0 Å². The molecule has 2 aliphatic heterocycles. The second kappa shape index (κ2) is 4.41. The van der Waals surface area contributed by atoms with Crippen LogP contribution < -0.4 is 5.73 Å². The lowest BCUT2D eigenvalue weighted by Crippen LogP contribution is -2.32. The Morgan fingerprint density at radius 1 is 1.50 bits per heavy atom. The summed E-state index contributed by atoms with van der Waals surface area (Å²) in [7, 11) is 0. The van der Waals surface area contributed by atoms with E-state index in [9.17, 15) is 0 Å². The van der Waals surface area contributed by atoms with E-state index in [0.717, 1.165) is 31.1 Å². The zero-order valence-electron chi connectivity index (χ0n) is 9.56. The maximum atomic E-state index is 6.03. The predicted octanol–water partition coefficient (Wildman–Crippen LogP) is 1.59. The van der Waals surface area contributed by atoms with Gasteiger partial charge in [-0.1, -0.05) is 0 Å². The molecule has 3 heterocycles. The highest BCUT2D eigenvalue weighted by atomic mass is 32.2. The van der Waals surface area contributed by atoms with E-state index in [1.54, 1.807) is 0 Å². The first-order valence-corrected chi connectivity index (χ1v) is 7.28. The first-order chi connectivity index (χ1) is 7.83. The fraction of sp³-hybridized carbons (Fsp3) is 0.750. The summed E-state index contributed by atoms with van der Waals surface area (Å²) in [6, 6.07) is 0.330. The van der Waals surface area contributed by atoms with Crippen LogP contribution in [0.15, 0.2) is 6.20 Å². The molecular formula is C12H19N3S. The van der Waals surface area contributed by atoms with Crippen molar-refractivity contribution < 1.29 is 0 Å². The van der Waals surface area contributed by atoms with Gasteiger partial charge in [0.1, 0.15) is 5.82 Å². The quantitative estimate of drug-likeness (QED) is 0.849. The van der Waals surface area contributed by atoms with Crippen LogP contribution >= 0.6 is 11.8 Å². The standard InChI is InChI=1S/C12H19N3S/c13-9-3-4-10-7-14-12(15(10)8-9)6-11-2-1-5-16-11/h7,9,11H,1-6,8,13H2. The molecule has 2 N–H and O–H groups in total. The minimum Gasteiger partial charge on any atom is -0.330 e. The van der Waals surface area contributed by atoms with Gasteiger partial charge in [-0.15, -0.1) is 0 Å². The Hall–Kier alpha value is -0.480. The number of fused-ring (bicyclic) bond motifs is 1. The van der Waals surface area contributed by atoms with E-state index in [4.69, 9.17) is 5.73 Å². The van der Waals surface area contributed by atoms with Crippen LogP contribution in [0.2, 0.25) is 0 Å². The van der Waals surface area contributed by atoms with Gasteiger partial charge in [0.2, 0.25) is 0 Å².